The molecule has 0 unspecified atom stereocenters. The van der Waals surface area contributed by atoms with Gasteiger partial charge in [-0.05, 0) is 19.4 Å². The van der Waals surface area contributed by atoms with Crippen LogP contribution in [0.2, 0.25) is 13.1 Å². The van der Waals surface area contributed by atoms with E-state index in [0.717, 1.165) is 0 Å². The number of rotatable bonds is 0. The number of fused-ring (bicyclic) bond motifs is 1. The standard InChI is InChI=1S/C11H16OSi/c1-11(2)9-7-5-6-8-10(9)13(3,4)12-11/h5-8H,1-4H3/q-1. The minimum absolute atomic E-state index is 0.0771. The summed E-state index contributed by atoms with van der Waals surface area (Å²) in [4.78, 5) is 0. The Morgan fingerprint density at radius 1 is 1.15 bits per heavy atom. The van der Waals surface area contributed by atoms with Crippen molar-refractivity contribution in [3.05, 3.63) is 29.8 Å². The lowest BCUT2D eigenvalue weighted by molar-refractivity contribution is 0.116. The van der Waals surface area contributed by atoms with E-state index in [1.807, 2.05) is 0 Å². The molecule has 1 heterocycles. The molecule has 0 spiro atoms. The van der Waals surface area contributed by atoms with Gasteiger partial charge in [0.1, 0.15) is 0 Å². The Morgan fingerprint density at radius 3 is 2.38 bits per heavy atom. The molecular weight excluding hydrogens is 176 g/mol. The first kappa shape index (κ1) is 8.97. The van der Waals surface area contributed by atoms with Gasteiger partial charge in [-0.3, -0.25) is 0 Å². The van der Waals surface area contributed by atoms with Gasteiger partial charge in [-0.1, -0.05) is 24.3 Å². The number of hydrogen-bond donors (Lipinski definition) is 0. The Labute approximate surface area is 80.9 Å². The highest BCUT2D eigenvalue weighted by Crippen LogP contribution is 2.34. The smallest absolute Gasteiger partial charge is 0.0448 e. The summed E-state index contributed by atoms with van der Waals surface area (Å²) in [6.45, 7) is 8.85. The minimum atomic E-state index is -1.60. The summed E-state index contributed by atoms with van der Waals surface area (Å²) in [6, 6.07) is 8.62. The molecule has 0 saturated carbocycles. The molecular formula is C11H16OSi-. The first-order chi connectivity index (χ1) is 5.93. The lowest BCUT2D eigenvalue weighted by Gasteiger charge is -2.34. The molecule has 13 heavy (non-hydrogen) atoms. The maximum Gasteiger partial charge on any atom is 0.0448 e. The first-order valence-corrected chi connectivity index (χ1v) is 7.64. The Morgan fingerprint density at radius 2 is 1.77 bits per heavy atom. The summed E-state index contributed by atoms with van der Waals surface area (Å²) >= 11 is 0. The van der Waals surface area contributed by atoms with E-state index >= 15 is 0 Å². The van der Waals surface area contributed by atoms with Crippen LogP contribution in [0.3, 0.4) is 0 Å². The highest BCUT2D eigenvalue weighted by Gasteiger charge is 2.34. The van der Waals surface area contributed by atoms with E-state index < -0.39 is 8.32 Å². The zero-order chi connectivity index (χ0) is 9.69. The van der Waals surface area contributed by atoms with E-state index in [-0.39, 0.29) is 5.60 Å². The van der Waals surface area contributed by atoms with Crippen molar-refractivity contribution in [3.63, 3.8) is 0 Å². The van der Waals surface area contributed by atoms with Crippen LogP contribution >= 0.6 is 0 Å². The zero-order valence-corrected chi connectivity index (χ0v) is 9.72. The summed E-state index contributed by atoms with van der Waals surface area (Å²) < 4.78 is 6.15. The van der Waals surface area contributed by atoms with E-state index in [2.05, 4.69) is 51.2 Å². The highest BCUT2D eigenvalue weighted by atomic mass is 28.4. The summed E-state index contributed by atoms with van der Waals surface area (Å²) in [6.07, 6.45) is 0. The molecule has 0 bridgehead atoms. The third-order valence-corrected chi connectivity index (χ3v) is 5.49. The Bertz CT molecular complexity index is 309. The monoisotopic (exact) mass is 192 g/mol. The van der Waals surface area contributed by atoms with Gasteiger partial charge >= 0.3 is 0 Å². The molecule has 0 N–H and O–H groups in total. The SMILES string of the molecule is CC1(C)O[Si-](C)(C)c2ccccc21. The molecule has 0 aliphatic carbocycles. The molecule has 0 fully saturated rings. The van der Waals surface area contributed by atoms with Crippen LogP contribution < -0.4 is 5.19 Å². The zero-order valence-electron chi connectivity index (χ0n) is 8.72. The quantitative estimate of drug-likeness (QED) is 0.573. The third-order valence-electron chi connectivity index (χ3n) is 2.73. The van der Waals surface area contributed by atoms with Crippen LogP contribution in [0.15, 0.2) is 24.3 Å². The predicted molar refractivity (Wildman–Crippen MR) is 57.7 cm³/mol. The van der Waals surface area contributed by atoms with Crippen molar-refractivity contribution in [1.29, 1.82) is 0 Å². The van der Waals surface area contributed by atoms with Crippen molar-refractivity contribution in [1.82, 2.24) is 0 Å². The van der Waals surface area contributed by atoms with Crippen LogP contribution in [0.5, 0.6) is 0 Å². The molecule has 0 radical (unpaired) electrons. The summed E-state index contributed by atoms with van der Waals surface area (Å²) in [5, 5.41) is 1.46. The molecule has 0 aromatic heterocycles. The number of benzene rings is 1. The van der Waals surface area contributed by atoms with Crippen LogP contribution in [0, 0.1) is 0 Å². The van der Waals surface area contributed by atoms with Gasteiger partial charge in [0.05, 0.1) is 0 Å². The molecule has 0 saturated heterocycles. The normalized spacial score (nSPS) is 22.8. The van der Waals surface area contributed by atoms with Gasteiger partial charge in [-0.15, -0.1) is 13.1 Å². The molecule has 2 heteroatoms. The molecule has 2 rings (SSSR count). The van der Waals surface area contributed by atoms with Gasteiger partial charge in [-0.2, -0.15) is 5.19 Å². The topological polar surface area (TPSA) is 9.23 Å². The largest absolute Gasteiger partial charge is 0.554 e. The summed E-state index contributed by atoms with van der Waals surface area (Å²) in [5.74, 6) is 0. The van der Waals surface area contributed by atoms with Gasteiger partial charge in [0, 0.05) is 13.9 Å². The lowest BCUT2D eigenvalue weighted by atomic mass is 9.99. The number of hydrogen-bond acceptors (Lipinski definition) is 1. The minimum Gasteiger partial charge on any atom is -0.554 e. The molecule has 1 aliphatic rings. The van der Waals surface area contributed by atoms with Gasteiger partial charge < -0.3 is 4.43 Å². The third kappa shape index (κ3) is 1.25. The molecule has 1 nitrogen and oxygen atoms in total. The predicted octanol–water partition coefficient (Wildman–Crippen LogP) is 2.36. The van der Waals surface area contributed by atoms with E-state index in [0.29, 0.717) is 0 Å². The first-order valence-electron chi connectivity index (χ1n) is 4.74. The van der Waals surface area contributed by atoms with E-state index in [4.69, 9.17) is 4.43 Å². The van der Waals surface area contributed by atoms with Crippen LogP contribution in [0.1, 0.15) is 19.4 Å². The lowest BCUT2D eigenvalue weighted by Crippen LogP contribution is -2.40. The van der Waals surface area contributed by atoms with Crippen LogP contribution in [0.25, 0.3) is 0 Å². The summed E-state index contributed by atoms with van der Waals surface area (Å²) in [5.41, 5.74) is 1.30. The van der Waals surface area contributed by atoms with E-state index in [9.17, 15) is 0 Å². The molecule has 1 aromatic carbocycles. The molecule has 1 aromatic rings. The van der Waals surface area contributed by atoms with Crippen molar-refractivity contribution in [3.8, 4) is 0 Å². The van der Waals surface area contributed by atoms with E-state index in [1.54, 1.807) is 0 Å². The van der Waals surface area contributed by atoms with Crippen molar-refractivity contribution >= 4 is 13.5 Å². The molecule has 0 amide bonds. The average molecular weight is 192 g/mol. The van der Waals surface area contributed by atoms with Crippen molar-refractivity contribution < 1.29 is 4.43 Å². The molecule has 0 atom stereocenters. The van der Waals surface area contributed by atoms with Crippen LogP contribution in [0.4, 0.5) is 0 Å². The fourth-order valence-corrected chi connectivity index (χ4v) is 5.31. The van der Waals surface area contributed by atoms with Crippen LogP contribution in [-0.2, 0) is 10.0 Å². The fraction of sp³-hybridized carbons (Fsp3) is 0.455. The second-order valence-electron chi connectivity index (χ2n) is 4.67. The maximum atomic E-state index is 6.15. The summed E-state index contributed by atoms with van der Waals surface area (Å²) in [7, 11) is -1.60. The van der Waals surface area contributed by atoms with Gasteiger partial charge in [0.2, 0.25) is 0 Å². The Hall–Kier alpha value is -0.603. The molecule has 71 valence electrons. The Balaban J connectivity index is 2.64. The van der Waals surface area contributed by atoms with Gasteiger partial charge in [-0.25, -0.2) is 0 Å². The highest BCUT2D eigenvalue weighted by molar-refractivity contribution is 6.85. The van der Waals surface area contributed by atoms with Gasteiger partial charge in [0.25, 0.3) is 0 Å². The van der Waals surface area contributed by atoms with Gasteiger partial charge in [0.15, 0.2) is 0 Å². The second kappa shape index (κ2) is 2.46. The van der Waals surface area contributed by atoms with Crippen molar-refractivity contribution in [2.75, 3.05) is 0 Å². The second-order valence-corrected chi connectivity index (χ2v) is 8.43. The molecule has 1 aliphatic heterocycles. The van der Waals surface area contributed by atoms with Crippen LogP contribution in [-0.4, -0.2) is 8.32 Å². The maximum absolute atomic E-state index is 6.15. The average Bonchev–Trinajstić information content (AvgIpc) is 2.20. The van der Waals surface area contributed by atoms with E-state index in [1.165, 1.54) is 10.8 Å². The van der Waals surface area contributed by atoms with Crippen molar-refractivity contribution in [2.24, 2.45) is 0 Å². The fourth-order valence-electron chi connectivity index (χ4n) is 2.28. The van der Waals surface area contributed by atoms with Crippen molar-refractivity contribution in [2.45, 2.75) is 32.5 Å². The Kier molecular flexibility index (Phi) is 1.69.